The number of nitrogens with zero attached hydrogens (tertiary/aromatic N) is 3. The molecule has 1 fully saturated rings. The van der Waals surface area contributed by atoms with Gasteiger partial charge in [0.05, 0.1) is 0 Å². The zero-order valence-electron chi connectivity index (χ0n) is 11.2. The molecule has 17 heavy (non-hydrogen) atoms. The molecule has 0 spiro atoms. The van der Waals surface area contributed by atoms with Crippen LogP contribution in [0.1, 0.15) is 13.8 Å². The van der Waals surface area contributed by atoms with Crippen LogP contribution in [0.15, 0.2) is 0 Å². The highest BCUT2D eigenvalue weighted by Crippen LogP contribution is 2.17. The molecule has 1 rings (SSSR count). The Hall–Kier alpha value is -0.210. The average molecular weight is 264 g/mol. The Labute approximate surface area is 105 Å². The average Bonchev–Trinajstić information content (AvgIpc) is 2.29. The van der Waals surface area contributed by atoms with Gasteiger partial charge in [-0.3, -0.25) is 4.90 Å². The fourth-order valence-electron chi connectivity index (χ4n) is 1.88. The summed E-state index contributed by atoms with van der Waals surface area (Å²) in [5.41, 5.74) is 5.66. The fourth-order valence-corrected chi connectivity index (χ4v) is 2.97. The van der Waals surface area contributed by atoms with Gasteiger partial charge in [-0.05, 0) is 13.8 Å². The van der Waals surface area contributed by atoms with Gasteiger partial charge in [-0.1, -0.05) is 0 Å². The van der Waals surface area contributed by atoms with Gasteiger partial charge in [0.2, 0.25) is 0 Å². The smallest absolute Gasteiger partial charge is 0.281 e. The zero-order valence-corrected chi connectivity index (χ0v) is 12.0. The number of nitrogens with two attached hydrogens (primary N) is 1. The van der Waals surface area contributed by atoms with Gasteiger partial charge < -0.3 is 5.73 Å². The van der Waals surface area contributed by atoms with Crippen molar-refractivity contribution >= 4 is 10.2 Å². The summed E-state index contributed by atoms with van der Waals surface area (Å²) < 4.78 is 26.6. The molecule has 0 aromatic rings. The van der Waals surface area contributed by atoms with E-state index in [0.717, 1.165) is 13.1 Å². The first-order chi connectivity index (χ1) is 7.71. The molecular weight excluding hydrogens is 240 g/mol. The summed E-state index contributed by atoms with van der Waals surface area (Å²) in [5, 5.41) is 0. The van der Waals surface area contributed by atoms with Crippen molar-refractivity contribution in [1.29, 1.82) is 0 Å². The van der Waals surface area contributed by atoms with E-state index in [4.69, 9.17) is 5.73 Å². The van der Waals surface area contributed by atoms with Crippen LogP contribution < -0.4 is 5.73 Å². The summed E-state index contributed by atoms with van der Waals surface area (Å²) >= 11 is 0. The minimum absolute atomic E-state index is 0.0615. The van der Waals surface area contributed by atoms with Crippen LogP contribution in [0.3, 0.4) is 0 Å². The summed E-state index contributed by atoms with van der Waals surface area (Å²) in [7, 11) is -0.145. The van der Waals surface area contributed by atoms with Crippen molar-refractivity contribution < 1.29 is 8.42 Å². The first-order valence-electron chi connectivity index (χ1n) is 5.84. The van der Waals surface area contributed by atoms with Gasteiger partial charge in [0.1, 0.15) is 0 Å². The minimum Gasteiger partial charge on any atom is -0.329 e. The van der Waals surface area contributed by atoms with Gasteiger partial charge in [-0.2, -0.15) is 17.0 Å². The summed E-state index contributed by atoms with van der Waals surface area (Å²) in [6.07, 6.45) is 0. The lowest BCUT2D eigenvalue weighted by molar-refractivity contribution is 0.0834. The molecule has 0 aromatic heterocycles. The first-order valence-corrected chi connectivity index (χ1v) is 7.24. The summed E-state index contributed by atoms with van der Waals surface area (Å²) in [4.78, 5) is 2.24. The van der Waals surface area contributed by atoms with Gasteiger partial charge in [-0.25, -0.2) is 0 Å². The second-order valence-corrected chi connectivity index (χ2v) is 7.34. The molecule has 102 valence electrons. The summed E-state index contributed by atoms with van der Waals surface area (Å²) in [6, 6.07) is 0. The molecule has 2 N–H and O–H groups in total. The highest BCUT2D eigenvalue weighted by atomic mass is 32.2. The quantitative estimate of drug-likeness (QED) is 0.718. The van der Waals surface area contributed by atoms with E-state index in [9.17, 15) is 8.42 Å². The standard InChI is InChI=1S/C10H24N4O2S/c1-10(2,9-11)13-5-7-14(8-6-13)17(15,16)12(3)4/h5-9,11H2,1-4H3. The molecule has 0 bridgehead atoms. The maximum absolute atomic E-state index is 11.9. The highest BCUT2D eigenvalue weighted by Gasteiger charge is 2.33. The lowest BCUT2D eigenvalue weighted by Gasteiger charge is -2.43. The molecule has 1 saturated heterocycles. The van der Waals surface area contributed by atoms with E-state index in [2.05, 4.69) is 18.7 Å². The van der Waals surface area contributed by atoms with E-state index in [1.165, 1.54) is 8.61 Å². The topological polar surface area (TPSA) is 69.9 Å². The minimum atomic E-state index is -3.27. The van der Waals surface area contributed by atoms with Crippen LogP contribution >= 0.6 is 0 Å². The van der Waals surface area contributed by atoms with Crippen LogP contribution in [0, 0.1) is 0 Å². The van der Waals surface area contributed by atoms with Crippen molar-refractivity contribution in [3.05, 3.63) is 0 Å². The van der Waals surface area contributed by atoms with Crippen molar-refractivity contribution in [2.75, 3.05) is 46.8 Å². The molecule has 1 aliphatic heterocycles. The molecule has 0 unspecified atom stereocenters. The fraction of sp³-hybridized carbons (Fsp3) is 1.00. The van der Waals surface area contributed by atoms with Crippen LogP contribution in [-0.2, 0) is 10.2 Å². The Kier molecular flexibility index (Phi) is 4.54. The molecule has 6 nitrogen and oxygen atoms in total. The third-order valence-electron chi connectivity index (χ3n) is 3.38. The van der Waals surface area contributed by atoms with Crippen molar-refractivity contribution in [2.24, 2.45) is 5.73 Å². The van der Waals surface area contributed by atoms with E-state index in [1.807, 2.05) is 0 Å². The predicted octanol–water partition coefficient (Wildman–Crippen LogP) is -0.852. The Balaban J connectivity index is 2.64. The monoisotopic (exact) mass is 264 g/mol. The maximum atomic E-state index is 11.9. The van der Waals surface area contributed by atoms with Gasteiger partial charge >= 0.3 is 0 Å². The molecule has 0 atom stereocenters. The molecule has 0 amide bonds. The third-order valence-corrected chi connectivity index (χ3v) is 5.32. The Bertz CT molecular complexity index is 345. The van der Waals surface area contributed by atoms with Gasteiger partial charge in [0, 0.05) is 52.4 Å². The molecular formula is C10H24N4O2S. The van der Waals surface area contributed by atoms with Crippen LogP contribution in [0.25, 0.3) is 0 Å². The maximum Gasteiger partial charge on any atom is 0.281 e. The molecule has 1 aliphatic rings. The normalized spacial score (nSPS) is 21.1. The molecule has 7 heteroatoms. The molecule has 0 aromatic carbocycles. The Morgan fingerprint density at radius 2 is 1.65 bits per heavy atom. The number of hydrogen-bond acceptors (Lipinski definition) is 4. The molecule has 0 saturated carbocycles. The lowest BCUT2D eigenvalue weighted by atomic mass is 10.0. The molecule has 0 aliphatic carbocycles. The van der Waals surface area contributed by atoms with E-state index >= 15 is 0 Å². The van der Waals surface area contributed by atoms with Crippen molar-refractivity contribution in [3.8, 4) is 0 Å². The Morgan fingerprint density at radius 1 is 1.18 bits per heavy atom. The van der Waals surface area contributed by atoms with Crippen LogP contribution in [0.4, 0.5) is 0 Å². The Morgan fingerprint density at radius 3 is 2.00 bits per heavy atom. The third kappa shape index (κ3) is 3.17. The van der Waals surface area contributed by atoms with Crippen LogP contribution in [0.2, 0.25) is 0 Å². The second-order valence-electron chi connectivity index (χ2n) is 5.19. The number of piperazine rings is 1. The largest absolute Gasteiger partial charge is 0.329 e. The molecule has 0 radical (unpaired) electrons. The number of rotatable bonds is 4. The highest BCUT2D eigenvalue weighted by molar-refractivity contribution is 7.86. The number of hydrogen-bond donors (Lipinski definition) is 1. The van der Waals surface area contributed by atoms with E-state index in [1.54, 1.807) is 14.1 Å². The molecule has 1 heterocycles. The van der Waals surface area contributed by atoms with Gasteiger partial charge in [0.25, 0.3) is 10.2 Å². The summed E-state index contributed by atoms with van der Waals surface area (Å²) in [5.74, 6) is 0. The SMILES string of the molecule is CN(C)S(=O)(=O)N1CCN(C(C)(C)CN)CC1. The second kappa shape index (κ2) is 5.19. The van der Waals surface area contributed by atoms with Crippen LogP contribution in [0.5, 0.6) is 0 Å². The zero-order chi connectivity index (χ0) is 13.3. The summed E-state index contributed by atoms with van der Waals surface area (Å²) in [6.45, 7) is 7.28. The van der Waals surface area contributed by atoms with E-state index in [-0.39, 0.29) is 5.54 Å². The van der Waals surface area contributed by atoms with Crippen molar-refractivity contribution in [1.82, 2.24) is 13.5 Å². The van der Waals surface area contributed by atoms with E-state index < -0.39 is 10.2 Å². The predicted molar refractivity (Wildman–Crippen MR) is 68.9 cm³/mol. The van der Waals surface area contributed by atoms with E-state index in [0.29, 0.717) is 19.6 Å². The van der Waals surface area contributed by atoms with Gasteiger partial charge in [0.15, 0.2) is 0 Å². The van der Waals surface area contributed by atoms with Gasteiger partial charge in [-0.15, -0.1) is 0 Å². The van der Waals surface area contributed by atoms with Crippen molar-refractivity contribution in [3.63, 3.8) is 0 Å². The lowest BCUT2D eigenvalue weighted by Crippen LogP contribution is -2.59. The van der Waals surface area contributed by atoms with Crippen molar-refractivity contribution in [2.45, 2.75) is 19.4 Å². The van der Waals surface area contributed by atoms with Crippen LogP contribution in [-0.4, -0.2) is 74.3 Å². The first kappa shape index (κ1) is 14.8.